The molecule has 35 heavy (non-hydrogen) atoms. The lowest BCUT2D eigenvalue weighted by molar-refractivity contribution is -0.117. The van der Waals surface area contributed by atoms with Gasteiger partial charge >= 0.3 is 0 Å². The molecule has 1 saturated heterocycles. The zero-order valence-electron chi connectivity index (χ0n) is 20.2. The van der Waals surface area contributed by atoms with Crippen molar-refractivity contribution in [3.8, 4) is 5.75 Å². The number of nitrogens with zero attached hydrogens (tertiary/aromatic N) is 2. The van der Waals surface area contributed by atoms with E-state index in [1.54, 1.807) is 25.3 Å². The zero-order valence-corrected chi connectivity index (χ0v) is 20.2. The lowest BCUT2D eigenvalue weighted by atomic mass is 10.1. The van der Waals surface area contributed by atoms with Crippen molar-refractivity contribution >= 4 is 23.2 Å². The van der Waals surface area contributed by atoms with Crippen LogP contribution in [-0.4, -0.2) is 56.5 Å². The smallest absolute Gasteiger partial charge is 0.253 e. The van der Waals surface area contributed by atoms with E-state index < -0.39 is 0 Å². The maximum atomic E-state index is 13.0. The van der Waals surface area contributed by atoms with Gasteiger partial charge in [0.25, 0.3) is 5.91 Å². The number of piperazine rings is 1. The number of hydrogen-bond acceptors (Lipinski definition) is 5. The average molecular weight is 473 g/mol. The quantitative estimate of drug-likeness (QED) is 0.519. The first kappa shape index (κ1) is 24.3. The summed E-state index contributed by atoms with van der Waals surface area (Å²) in [4.78, 5) is 30.2. The van der Waals surface area contributed by atoms with Crippen LogP contribution in [-0.2, 0) is 4.79 Å². The highest BCUT2D eigenvalue weighted by Gasteiger charge is 2.21. The van der Waals surface area contributed by atoms with E-state index >= 15 is 0 Å². The van der Waals surface area contributed by atoms with Crippen molar-refractivity contribution in [2.24, 2.45) is 0 Å². The first-order chi connectivity index (χ1) is 17.0. The van der Waals surface area contributed by atoms with Crippen molar-refractivity contribution in [1.29, 1.82) is 0 Å². The fourth-order valence-corrected chi connectivity index (χ4v) is 4.25. The second-order valence-electron chi connectivity index (χ2n) is 8.66. The highest BCUT2D eigenvalue weighted by Crippen LogP contribution is 2.22. The molecule has 0 saturated carbocycles. The first-order valence-electron chi connectivity index (χ1n) is 11.9. The van der Waals surface area contributed by atoms with Gasteiger partial charge in [-0.1, -0.05) is 48.5 Å². The van der Waals surface area contributed by atoms with E-state index in [9.17, 15) is 9.59 Å². The Balaban J connectivity index is 1.31. The molecule has 3 aromatic carbocycles. The minimum absolute atomic E-state index is 0.129. The molecule has 7 heteroatoms. The van der Waals surface area contributed by atoms with Crippen LogP contribution in [0.4, 0.5) is 11.4 Å². The van der Waals surface area contributed by atoms with Crippen LogP contribution in [0.15, 0.2) is 78.9 Å². The molecule has 1 atom stereocenters. The van der Waals surface area contributed by atoms with Gasteiger partial charge < -0.3 is 20.3 Å². The molecule has 4 rings (SSSR count). The Bertz CT molecular complexity index is 1140. The van der Waals surface area contributed by atoms with E-state index in [0.29, 0.717) is 11.3 Å². The number of carbonyl (C=O) groups is 2. The Hall–Kier alpha value is -3.84. The van der Waals surface area contributed by atoms with Crippen molar-refractivity contribution in [2.45, 2.75) is 13.0 Å². The molecule has 7 nitrogen and oxygen atoms in total. The summed E-state index contributed by atoms with van der Waals surface area (Å²) in [6.45, 7) is 5.44. The number of carbonyl (C=O) groups excluding carboxylic acids is 2. The van der Waals surface area contributed by atoms with Crippen molar-refractivity contribution in [3.05, 3.63) is 90.0 Å². The van der Waals surface area contributed by atoms with Crippen molar-refractivity contribution in [2.75, 3.05) is 50.1 Å². The van der Waals surface area contributed by atoms with Crippen LogP contribution in [0.5, 0.6) is 5.75 Å². The van der Waals surface area contributed by atoms with E-state index in [0.717, 1.165) is 43.2 Å². The number of nitrogens with one attached hydrogen (secondary N) is 2. The molecule has 3 aromatic rings. The summed E-state index contributed by atoms with van der Waals surface area (Å²) in [5.74, 6) is 0.491. The summed E-state index contributed by atoms with van der Waals surface area (Å²) in [6, 6.07) is 24.8. The second kappa shape index (κ2) is 11.5. The maximum Gasteiger partial charge on any atom is 0.253 e. The van der Waals surface area contributed by atoms with Crippen molar-refractivity contribution < 1.29 is 14.3 Å². The summed E-state index contributed by atoms with van der Waals surface area (Å²) >= 11 is 0. The van der Waals surface area contributed by atoms with Crippen LogP contribution in [0.3, 0.4) is 0 Å². The lowest BCUT2D eigenvalue weighted by Crippen LogP contribution is -2.48. The fourth-order valence-electron chi connectivity index (χ4n) is 4.25. The van der Waals surface area contributed by atoms with Gasteiger partial charge in [-0.3, -0.25) is 14.5 Å². The standard InChI is InChI=1S/C28H32N4O3/c1-21(22-9-4-3-5-10-22)29-28(34)25-13-6-7-14-26(25)30-27(33)20-31-15-17-32(18-16-31)23-11-8-12-24(19-23)35-2/h3-14,19,21H,15-18,20H2,1-2H3,(H,29,34)(H,30,33)/t21-/m1/s1. The van der Waals surface area contributed by atoms with Gasteiger partial charge in [0, 0.05) is 37.9 Å². The lowest BCUT2D eigenvalue weighted by Gasteiger charge is -2.35. The minimum Gasteiger partial charge on any atom is -0.497 e. The molecule has 0 unspecified atom stereocenters. The van der Waals surface area contributed by atoms with Crippen LogP contribution in [0.1, 0.15) is 28.9 Å². The Morgan fingerprint density at radius 3 is 2.37 bits per heavy atom. The predicted molar refractivity (Wildman–Crippen MR) is 139 cm³/mol. The molecular formula is C28H32N4O3. The molecule has 0 aliphatic carbocycles. The van der Waals surface area contributed by atoms with E-state index in [2.05, 4.69) is 26.5 Å². The third kappa shape index (κ3) is 6.39. The third-order valence-electron chi connectivity index (χ3n) is 6.25. The van der Waals surface area contributed by atoms with Gasteiger partial charge in [-0.25, -0.2) is 0 Å². The molecule has 182 valence electrons. The molecule has 0 radical (unpaired) electrons. The number of amides is 2. The topological polar surface area (TPSA) is 73.9 Å². The molecule has 0 bridgehead atoms. The molecule has 0 aromatic heterocycles. The van der Waals surface area contributed by atoms with Gasteiger partial charge in [0.05, 0.1) is 30.9 Å². The number of ether oxygens (including phenoxy) is 1. The van der Waals surface area contributed by atoms with E-state index in [1.165, 1.54) is 0 Å². The van der Waals surface area contributed by atoms with E-state index in [1.807, 2.05) is 61.5 Å². The minimum atomic E-state index is -0.218. The number of para-hydroxylation sites is 1. The summed E-state index contributed by atoms with van der Waals surface area (Å²) in [7, 11) is 1.67. The molecule has 1 fully saturated rings. The van der Waals surface area contributed by atoms with Gasteiger partial charge in [-0.05, 0) is 36.8 Å². The van der Waals surface area contributed by atoms with E-state index in [-0.39, 0.29) is 24.4 Å². The Morgan fingerprint density at radius 2 is 1.63 bits per heavy atom. The van der Waals surface area contributed by atoms with Gasteiger partial charge in [-0.2, -0.15) is 0 Å². The predicted octanol–water partition coefficient (Wildman–Crippen LogP) is 3.95. The van der Waals surface area contributed by atoms with Crippen LogP contribution in [0.25, 0.3) is 0 Å². The Morgan fingerprint density at radius 1 is 0.914 bits per heavy atom. The first-order valence-corrected chi connectivity index (χ1v) is 11.9. The van der Waals surface area contributed by atoms with E-state index in [4.69, 9.17) is 4.74 Å². The average Bonchev–Trinajstić information content (AvgIpc) is 2.90. The van der Waals surface area contributed by atoms with Gasteiger partial charge in [0.1, 0.15) is 5.75 Å². The monoisotopic (exact) mass is 472 g/mol. The Kier molecular flexibility index (Phi) is 8.00. The van der Waals surface area contributed by atoms with Crippen LogP contribution in [0.2, 0.25) is 0 Å². The number of benzene rings is 3. The van der Waals surface area contributed by atoms with Crippen LogP contribution in [0, 0.1) is 0 Å². The molecule has 0 spiro atoms. The molecular weight excluding hydrogens is 440 g/mol. The van der Waals surface area contributed by atoms with Gasteiger partial charge in [-0.15, -0.1) is 0 Å². The van der Waals surface area contributed by atoms with Gasteiger partial charge in [0.15, 0.2) is 0 Å². The summed E-state index contributed by atoms with van der Waals surface area (Å²) in [5.41, 5.74) is 3.12. The number of rotatable bonds is 8. The van der Waals surface area contributed by atoms with Crippen molar-refractivity contribution in [3.63, 3.8) is 0 Å². The fraction of sp³-hybridized carbons (Fsp3) is 0.286. The Labute approximate surface area is 206 Å². The summed E-state index contributed by atoms with van der Waals surface area (Å²) in [6.07, 6.45) is 0. The number of hydrogen-bond donors (Lipinski definition) is 2. The molecule has 2 amide bonds. The van der Waals surface area contributed by atoms with Gasteiger partial charge in [0.2, 0.25) is 5.91 Å². The molecule has 1 heterocycles. The molecule has 2 N–H and O–H groups in total. The van der Waals surface area contributed by atoms with Crippen LogP contribution < -0.4 is 20.3 Å². The molecule has 1 aliphatic heterocycles. The third-order valence-corrected chi connectivity index (χ3v) is 6.25. The largest absolute Gasteiger partial charge is 0.497 e. The number of anilines is 2. The van der Waals surface area contributed by atoms with Crippen molar-refractivity contribution in [1.82, 2.24) is 10.2 Å². The summed E-state index contributed by atoms with van der Waals surface area (Å²) in [5, 5.41) is 5.96. The normalized spacial score (nSPS) is 14.7. The summed E-state index contributed by atoms with van der Waals surface area (Å²) < 4.78 is 5.33. The maximum absolute atomic E-state index is 13.0. The zero-order chi connectivity index (χ0) is 24.6. The highest BCUT2D eigenvalue weighted by atomic mass is 16.5. The number of methoxy groups -OCH3 is 1. The molecule has 1 aliphatic rings. The van der Waals surface area contributed by atoms with Crippen LogP contribution >= 0.6 is 0 Å². The highest BCUT2D eigenvalue weighted by molar-refractivity contribution is 6.04. The second-order valence-corrected chi connectivity index (χ2v) is 8.66. The SMILES string of the molecule is COc1cccc(N2CCN(CC(=O)Nc3ccccc3C(=O)N[C@H](C)c3ccccc3)CC2)c1.